The lowest BCUT2D eigenvalue weighted by molar-refractivity contribution is 0.186. The quantitative estimate of drug-likeness (QED) is 0.249. The van der Waals surface area contributed by atoms with Gasteiger partial charge in [-0.2, -0.15) is 0 Å². The van der Waals surface area contributed by atoms with E-state index in [0.29, 0.717) is 12.5 Å². The van der Waals surface area contributed by atoms with Gasteiger partial charge in [0.25, 0.3) is 0 Å². The van der Waals surface area contributed by atoms with Crippen molar-refractivity contribution < 1.29 is 18.6 Å². The largest absolute Gasteiger partial charge is 0.493 e. The van der Waals surface area contributed by atoms with Crippen molar-refractivity contribution in [2.24, 2.45) is 10.9 Å². The summed E-state index contributed by atoms with van der Waals surface area (Å²) in [5.41, 5.74) is 1.03. The summed E-state index contributed by atoms with van der Waals surface area (Å²) in [6, 6.07) is 9.93. The highest BCUT2D eigenvalue weighted by molar-refractivity contribution is 14.0. The molecule has 1 saturated heterocycles. The van der Waals surface area contributed by atoms with Crippen LogP contribution in [0.15, 0.2) is 46.0 Å². The van der Waals surface area contributed by atoms with Crippen LogP contribution >= 0.6 is 24.0 Å². The topological polar surface area (TPSA) is 77.2 Å². The highest BCUT2D eigenvalue weighted by atomic mass is 127. The van der Waals surface area contributed by atoms with Crippen molar-refractivity contribution >= 4 is 29.9 Å². The van der Waals surface area contributed by atoms with E-state index in [0.717, 1.165) is 80.8 Å². The normalized spacial score (nSPS) is 18.7. The summed E-state index contributed by atoms with van der Waals surface area (Å²) >= 11 is 0. The number of hydrogen-bond acceptors (Lipinski definition) is 5. The lowest BCUT2D eigenvalue weighted by Crippen LogP contribution is -2.41. The standard InChI is InChI=1S/C25H35N3O4.HI/c1-29-23-10-4-6-20(24(23)32-22-7-2-3-8-22)17-28-25(27-16-19-12-15-30-18-19)26-13-11-21-9-5-14-31-21;/h4-6,9-10,14,19,22H,2-3,7-8,11-13,15-18H2,1H3,(H2,26,27,28);1H. The second-order valence-corrected chi connectivity index (χ2v) is 8.50. The van der Waals surface area contributed by atoms with E-state index in [9.17, 15) is 0 Å². The summed E-state index contributed by atoms with van der Waals surface area (Å²) in [6.07, 6.45) is 8.52. The summed E-state index contributed by atoms with van der Waals surface area (Å²) in [4.78, 5) is 4.87. The maximum absolute atomic E-state index is 6.37. The Labute approximate surface area is 213 Å². The summed E-state index contributed by atoms with van der Waals surface area (Å²) in [7, 11) is 1.69. The maximum atomic E-state index is 6.37. The number of aliphatic imine (C=N–C) groups is 1. The van der Waals surface area contributed by atoms with Crippen molar-refractivity contribution in [1.82, 2.24) is 10.6 Å². The van der Waals surface area contributed by atoms with Crippen LogP contribution in [0.4, 0.5) is 0 Å². The molecular formula is C25H36IN3O4. The van der Waals surface area contributed by atoms with E-state index in [1.54, 1.807) is 13.4 Å². The molecule has 1 aromatic carbocycles. The first kappa shape index (κ1) is 25.7. The summed E-state index contributed by atoms with van der Waals surface area (Å²) < 4.78 is 22.9. The molecule has 7 nitrogen and oxygen atoms in total. The predicted octanol–water partition coefficient (Wildman–Crippen LogP) is 4.54. The lowest BCUT2D eigenvalue weighted by Gasteiger charge is -2.19. The summed E-state index contributed by atoms with van der Waals surface area (Å²) in [5, 5.41) is 6.93. The lowest BCUT2D eigenvalue weighted by atomic mass is 10.1. The number of hydrogen-bond donors (Lipinski definition) is 2. The zero-order valence-corrected chi connectivity index (χ0v) is 21.7. The molecule has 2 aromatic rings. The molecule has 2 N–H and O–H groups in total. The molecule has 4 rings (SSSR count). The van der Waals surface area contributed by atoms with Gasteiger partial charge in [-0.15, -0.1) is 24.0 Å². The Bertz CT molecular complexity index is 847. The van der Waals surface area contributed by atoms with E-state index in [-0.39, 0.29) is 30.1 Å². The number of methoxy groups -OCH3 is 1. The number of guanidine groups is 1. The molecule has 182 valence electrons. The Morgan fingerprint density at radius 3 is 2.73 bits per heavy atom. The third kappa shape index (κ3) is 7.81. The van der Waals surface area contributed by atoms with Crippen LogP contribution in [-0.2, 0) is 17.7 Å². The van der Waals surface area contributed by atoms with E-state index < -0.39 is 0 Å². The molecule has 1 aliphatic heterocycles. The van der Waals surface area contributed by atoms with Gasteiger partial charge in [0.15, 0.2) is 17.5 Å². The second-order valence-electron chi connectivity index (χ2n) is 8.50. The van der Waals surface area contributed by atoms with Crippen LogP contribution in [0.3, 0.4) is 0 Å². The van der Waals surface area contributed by atoms with Gasteiger partial charge in [0.2, 0.25) is 0 Å². The molecule has 2 heterocycles. The first-order valence-corrected chi connectivity index (χ1v) is 11.8. The molecule has 33 heavy (non-hydrogen) atoms. The van der Waals surface area contributed by atoms with Gasteiger partial charge in [0.05, 0.1) is 32.6 Å². The zero-order valence-electron chi connectivity index (χ0n) is 19.4. The molecule has 2 aliphatic rings. The molecule has 2 fully saturated rings. The number of benzene rings is 1. The van der Waals surface area contributed by atoms with E-state index in [1.165, 1.54) is 12.8 Å². The van der Waals surface area contributed by atoms with Crippen LogP contribution in [-0.4, -0.2) is 45.5 Å². The van der Waals surface area contributed by atoms with Crippen molar-refractivity contribution in [3.8, 4) is 11.5 Å². The third-order valence-electron chi connectivity index (χ3n) is 6.10. The Kier molecular flexibility index (Phi) is 10.7. The monoisotopic (exact) mass is 569 g/mol. The minimum Gasteiger partial charge on any atom is -0.493 e. The van der Waals surface area contributed by atoms with Crippen LogP contribution in [0.25, 0.3) is 0 Å². The summed E-state index contributed by atoms with van der Waals surface area (Å²) in [5.74, 6) is 3.86. The van der Waals surface area contributed by atoms with Crippen molar-refractivity contribution in [2.75, 3.05) is 33.4 Å². The molecule has 8 heteroatoms. The average Bonchev–Trinajstić information content (AvgIpc) is 3.60. The van der Waals surface area contributed by atoms with Gasteiger partial charge < -0.3 is 29.3 Å². The van der Waals surface area contributed by atoms with Crippen LogP contribution in [0.1, 0.15) is 43.4 Å². The molecule has 1 atom stereocenters. The first-order valence-electron chi connectivity index (χ1n) is 11.8. The van der Waals surface area contributed by atoms with Crippen molar-refractivity contribution in [3.05, 3.63) is 47.9 Å². The molecule has 1 unspecified atom stereocenters. The van der Waals surface area contributed by atoms with Gasteiger partial charge >= 0.3 is 0 Å². The van der Waals surface area contributed by atoms with E-state index in [4.69, 9.17) is 23.6 Å². The number of para-hydroxylation sites is 1. The maximum Gasteiger partial charge on any atom is 0.191 e. The van der Waals surface area contributed by atoms with Crippen LogP contribution in [0.2, 0.25) is 0 Å². The fraction of sp³-hybridized carbons (Fsp3) is 0.560. The van der Waals surface area contributed by atoms with Crippen LogP contribution in [0.5, 0.6) is 11.5 Å². The molecule has 1 aromatic heterocycles. The highest BCUT2D eigenvalue weighted by Gasteiger charge is 2.21. The number of rotatable bonds is 10. The van der Waals surface area contributed by atoms with Crippen LogP contribution in [0, 0.1) is 5.92 Å². The molecule has 0 amide bonds. The van der Waals surface area contributed by atoms with E-state index >= 15 is 0 Å². The number of nitrogens with zero attached hydrogens (tertiary/aromatic N) is 1. The minimum atomic E-state index is 0. The fourth-order valence-corrected chi connectivity index (χ4v) is 4.24. The number of nitrogens with one attached hydrogen (secondary N) is 2. The molecule has 1 saturated carbocycles. The molecule has 0 radical (unpaired) electrons. The number of furan rings is 1. The smallest absolute Gasteiger partial charge is 0.191 e. The SMILES string of the molecule is COc1cccc(CN=C(NCCc2ccco2)NCC2CCOC2)c1OC1CCCC1.I. The van der Waals surface area contributed by atoms with Gasteiger partial charge in [-0.3, -0.25) is 0 Å². The van der Waals surface area contributed by atoms with Gasteiger partial charge in [-0.25, -0.2) is 4.99 Å². The van der Waals surface area contributed by atoms with Gasteiger partial charge in [-0.05, 0) is 50.3 Å². The van der Waals surface area contributed by atoms with Crippen molar-refractivity contribution in [3.63, 3.8) is 0 Å². The van der Waals surface area contributed by atoms with Gasteiger partial charge in [0.1, 0.15) is 5.76 Å². The van der Waals surface area contributed by atoms with Gasteiger partial charge in [0, 0.05) is 37.6 Å². The highest BCUT2D eigenvalue weighted by Crippen LogP contribution is 2.35. The number of ether oxygens (including phenoxy) is 3. The van der Waals surface area contributed by atoms with E-state index in [1.807, 2.05) is 24.3 Å². The Hall–Kier alpha value is -1.94. The van der Waals surface area contributed by atoms with E-state index in [2.05, 4.69) is 16.7 Å². The second kappa shape index (κ2) is 13.7. The fourth-order valence-electron chi connectivity index (χ4n) is 4.24. The Morgan fingerprint density at radius 2 is 2.00 bits per heavy atom. The van der Waals surface area contributed by atoms with Gasteiger partial charge in [-0.1, -0.05) is 12.1 Å². The first-order chi connectivity index (χ1) is 15.8. The third-order valence-corrected chi connectivity index (χ3v) is 6.10. The molecule has 0 bridgehead atoms. The number of halogens is 1. The molecular weight excluding hydrogens is 533 g/mol. The van der Waals surface area contributed by atoms with Crippen molar-refractivity contribution in [1.29, 1.82) is 0 Å². The minimum absolute atomic E-state index is 0. The predicted molar refractivity (Wildman–Crippen MR) is 140 cm³/mol. The molecule has 0 spiro atoms. The van der Waals surface area contributed by atoms with Crippen LogP contribution < -0.4 is 20.1 Å². The Balaban J connectivity index is 0.00000306. The zero-order chi connectivity index (χ0) is 22.0. The average molecular weight is 569 g/mol. The Morgan fingerprint density at radius 1 is 1.12 bits per heavy atom. The summed E-state index contributed by atoms with van der Waals surface area (Å²) in [6.45, 7) is 3.75. The molecule has 1 aliphatic carbocycles. The van der Waals surface area contributed by atoms with Crippen molar-refractivity contribution in [2.45, 2.75) is 51.2 Å².